The van der Waals surface area contributed by atoms with Crippen molar-refractivity contribution in [2.75, 3.05) is 0 Å². The first-order chi connectivity index (χ1) is 4.72. The molecule has 0 N–H and O–H groups in total. The van der Waals surface area contributed by atoms with Crippen molar-refractivity contribution in [2.24, 2.45) is 0 Å². The zero-order valence-electron chi connectivity index (χ0n) is 6.93. The van der Waals surface area contributed by atoms with Gasteiger partial charge in [-0.05, 0) is 0 Å². The molecule has 0 saturated carbocycles. The highest BCUT2D eigenvalue weighted by Crippen LogP contribution is 2.75. The van der Waals surface area contributed by atoms with Gasteiger partial charge in [0.05, 0.1) is 0 Å². The first kappa shape index (κ1) is 5.74. The van der Waals surface area contributed by atoms with Crippen LogP contribution in [0, 0.1) is 0 Å². The second-order valence-corrected chi connectivity index (χ2v) is 5.10. The predicted molar refractivity (Wildman–Crippen MR) is 47.3 cm³/mol. The van der Waals surface area contributed by atoms with Crippen molar-refractivity contribution in [1.29, 1.82) is 0 Å². The number of rotatable bonds is 0. The molecule has 0 nitrogen and oxygen atoms in total. The molecule has 3 saturated heterocycles. The quantitative estimate of drug-likeness (QED) is 0.444. The van der Waals surface area contributed by atoms with Gasteiger partial charge in [-0.1, -0.05) is 49.8 Å². The Morgan fingerprint density at radius 3 is 3.00 bits per heavy atom. The van der Waals surface area contributed by atoms with E-state index < -0.39 is 0 Å². The van der Waals surface area contributed by atoms with Crippen molar-refractivity contribution in [2.45, 2.75) is 49.8 Å². The molecule has 0 amide bonds. The van der Waals surface area contributed by atoms with E-state index >= 15 is 0 Å². The van der Waals surface area contributed by atoms with Gasteiger partial charge in [0.2, 0.25) is 0 Å². The van der Waals surface area contributed by atoms with Crippen molar-refractivity contribution >= 4 is 13.4 Å². The first-order valence-electron chi connectivity index (χ1n) is 4.72. The molecule has 52 valence electrons. The predicted octanol–water partition coefficient (Wildman–Crippen LogP) is 2.47. The Bertz CT molecular complexity index is 192. The maximum Gasteiger partial charge on any atom is 0.140 e. The minimum absolute atomic E-state index is 0.839. The van der Waals surface area contributed by atoms with Gasteiger partial charge in [-0.2, -0.15) is 0 Å². The lowest BCUT2D eigenvalue weighted by molar-refractivity contribution is 0.723. The van der Waals surface area contributed by atoms with Crippen molar-refractivity contribution in [3.63, 3.8) is 0 Å². The van der Waals surface area contributed by atoms with Gasteiger partial charge in [-0.15, -0.1) is 0 Å². The van der Waals surface area contributed by atoms with Crippen LogP contribution in [0.3, 0.4) is 0 Å². The maximum atomic E-state index is 2.50. The third-order valence-corrected chi connectivity index (χ3v) is 4.57. The topological polar surface area (TPSA) is 0 Å². The van der Waals surface area contributed by atoms with Gasteiger partial charge < -0.3 is 0 Å². The van der Waals surface area contributed by atoms with Crippen molar-refractivity contribution in [3.8, 4) is 0 Å². The van der Waals surface area contributed by atoms with Crippen LogP contribution in [0.2, 0.25) is 29.5 Å². The van der Waals surface area contributed by atoms with Gasteiger partial charge in [0, 0.05) is 0 Å². The van der Waals surface area contributed by atoms with Crippen LogP contribution in [-0.2, 0) is 0 Å². The summed E-state index contributed by atoms with van der Waals surface area (Å²) in [5.41, 5.74) is 1.18. The largest absolute Gasteiger partial charge is 0.140 e. The first-order valence-corrected chi connectivity index (χ1v) is 4.72. The summed E-state index contributed by atoms with van der Waals surface area (Å²) >= 11 is 0. The molecule has 3 rings (SSSR count). The van der Waals surface area contributed by atoms with Crippen molar-refractivity contribution in [1.82, 2.24) is 0 Å². The molecule has 3 atom stereocenters. The third-order valence-electron chi connectivity index (χ3n) is 4.57. The van der Waals surface area contributed by atoms with E-state index in [1.807, 2.05) is 0 Å². The van der Waals surface area contributed by atoms with Gasteiger partial charge in [0.15, 0.2) is 0 Å². The summed E-state index contributed by atoms with van der Waals surface area (Å²) in [7, 11) is 0. The standard InChI is InChI=1S/C8H14B2/c1-6-7-9(6)4-3-8(2)5-10(7)8/h6-7H,3-5H2,1-2H3. The maximum absolute atomic E-state index is 2.50. The highest BCUT2D eigenvalue weighted by molar-refractivity contribution is 6.98. The smallest absolute Gasteiger partial charge is 0.0862 e. The molecule has 3 aliphatic heterocycles. The average Bonchev–Trinajstić information content (AvgIpc) is 2.69. The van der Waals surface area contributed by atoms with E-state index in [0.29, 0.717) is 0 Å². The molecule has 3 fully saturated rings. The molecule has 0 aromatic carbocycles. The van der Waals surface area contributed by atoms with Gasteiger partial charge in [-0.25, -0.2) is 0 Å². The summed E-state index contributed by atoms with van der Waals surface area (Å²) < 4.78 is 0. The molecule has 3 unspecified atom stereocenters. The number of hydrogen-bond donors (Lipinski definition) is 0. The normalized spacial score (nSPS) is 55.8. The lowest BCUT2D eigenvalue weighted by Gasteiger charge is -2.13. The molecule has 0 aromatic heterocycles. The van der Waals surface area contributed by atoms with Gasteiger partial charge >= 0.3 is 0 Å². The molecule has 0 spiro atoms. The lowest BCUT2D eigenvalue weighted by atomic mass is 9.40. The van der Waals surface area contributed by atoms with E-state index in [4.69, 9.17) is 0 Å². The molecule has 0 radical (unpaired) electrons. The van der Waals surface area contributed by atoms with Crippen LogP contribution in [0.4, 0.5) is 0 Å². The summed E-state index contributed by atoms with van der Waals surface area (Å²) in [5.74, 6) is 1.11. The van der Waals surface area contributed by atoms with E-state index in [1.54, 1.807) is 19.1 Å². The van der Waals surface area contributed by atoms with Gasteiger partial charge in [0.25, 0.3) is 0 Å². The van der Waals surface area contributed by atoms with E-state index in [-0.39, 0.29) is 0 Å². The molecule has 10 heavy (non-hydrogen) atoms. The molecular formula is C8H14B2. The van der Waals surface area contributed by atoms with Crippen LogP contribution in [0.25, 0.3) is 0 Å². The van der Waals surface area contributed by atoms with Crippen LogP contribution in [0.15, 0.2) is 0 Å². The lowest BCUT2D eigenvalue weighted by Crippen LogP contribution is -2.10. The Morgan fingerprint density at radius 1 is 1.50 bits per heavy atom. The minimum atomic E-state index is 0.839. The summed E-state index contributed by atoms with van der Waals surface area (Å²) in [6.07, 6.45) is 4.67. The SMILES string of the molecule is CC1B2CCC3(C)CB3C21. The molecule has 3 heterocycles. The third kappa shape index (κ3) is 0.487. The summed E-state index contributed by atoms with van der Waals surface area (Å²) in [6.45, 7) is 7.29. The monoisotopic (exact) mass is 132 g/mol. The second kappa shape index (κ2) is 1.35. The van der Waals surface area contributed by atoms with Crippen LogP contribution >= 0.6 is 0 Å². The minimum Gasteiger partial charge on any atom is -0.0862 e. The zero-order chi connectivity index (χ0) is 6.93. The molecule has 0 aliphatic carbocycles. The van der Waals surface area contributed by atoms with Gasteiger partial charge in [-0.3, -0.25) is 0 Å². The molecule has 2 heteroatoms. The van der Waals surface area contributed by atoms with Gasteiger partial charge in [0.1, 0.15) is 13.4 Å². The second-order valence-electron chi connectivity index (χ2n) is 5.10. The Hall–Kier alpha value is 0.130. The average molecular weight is 132 g/mol. The Kier molecular flexibility index (Phi) is 0.776. The Morgan fingerprint density at radius 2 is 2.30 bits per heavy atom. The highest BCUT2D eigenvalue weighted by atomic mass is 14.4. The molecular weight excluding hydrogens is 118 g/mol. The van der Waals surface area contributed by atoms with E-state index in [0.717, 1.165) is 11.1 Å². The highest BCUT2D eigenvalue weighted by Gasteiger charge is 2.70. The summed E-state index contributed by atoms with van der Waals surface area (Å²) in [6, 6.07) is 0. The molecule has 0 bridgehead atoms. The van der Waals surface area contributed by atoms with E-state index in [9.17, 15) is 0 Å². The van der Waals surface area contributed by atoms with Crippen LogP contribution < -0.4 is 0 Å². The molecule has 3 aliphatic rings. The van der Waals surface area contributed by atoms with Crippen molar-refractivity contribution < 1.29 is 0 Å². The van der Waals surface area contributed by atoms with Crippen LogP contribution in [0.5, 0.6) is 0 Å². The van der Waals surface area contributed by atoms with Crippen LogP contribution in [-0.4, -0.2) is 13.4 Å². The van der Waals surface area contributed by atoms with E-state index in [1.165, 1.54) is 19.1 Å². The summed E-state index contributed by atoms with van der Waals surface area (Å²) in [5, 5.41) is 0.839. The fraction of sp³-hybridized carbons (Fsp3) is 1.00. The van der Waals surface area contributed by atoms with E-state index in [2.05, 4.69) is 13.8 Å². The van der Waals surface area contributed by atoms with Crippen LogP contribution in [0.1, 0.15) is 20.3 Å². The van der Waals surface area contributed by atoms with Crippen molar-refractivity contribution in [3.05, 3.63) is 0 Å². The number of hydrogen-bond acceptors (Lipinski definition) is 0. The fourth-order valence-corrected chi connectivity index (χ4v) is 3.53. The fourth-order valence-electron chi connectivity index (χ4n) is 3.53. The summed E-state index contributed by atoms with van der Waals surface area (Å²) in [4.78, 5) is 0. The molecule has 0 aromatic rings. The number of fused-ring (bicyclic) bond motifs is 3. The Labute approximate surface area is 63.9 Å². The Balaban J connectivity index is 1.87. The zero-order valence-corrected chi connectivity index (χ0v) is 6.93.